The van der Waals surface area contributed by atoms with E-state index in [0.29, 0.717) is 0 Å². The summed E-state index contributed by atoms with van der Waals surface area (Å²) in [4.78, 5) is 0. The van der Waals surface area contributed by atoms with Gasteiger partial charge in [0, 0.05) is 0 Å². The first-order valence-corrected chi connectivity index (χ1v) is 2.60. The van der Waals surface area contributed by atoms with E-state index in [1.165, 1.54) is 0 Å². The molecule has 0 aromatic heterocycles. The van der Waals surface area contributed by atoms with E-state index in [1.807, 2.05) is 12.2 Å². The Bertz CT molecular complexity index is 112. The summed E-state index contributed by atoms with van der Waals surface area (Å²) in [6, 6.07) is 0. The molecule has 8 heavy (non-hydrogen) atoms. The zero-order chi connectivity index (χ0) is 6.24. The molecule has 0 amide bonds. The number of hydrogen-bond acceptors (Lipinski definition) is 0. The fraction of sp³-hybridized carbons (Fsp3) is 0.250. The Morgan fingerprint density at radius 1 is 1.00 bits per heavy atom. The lowest BCUT2D eigenvalue weighted by Gasteiger charge is -1.76. The first-order chi connectivity index (χ1) is 3.91. The highest BCUT2D eigenvalue weighted by atomic mass is 13.7. The fourth-order valence-electron chi connectivity index (χ4n) is 0.371. The van der Waals surface area contributed by atoms with Crippen LogP contribution in [0.25, 0.3) is 0 Å². The van der Waals surface area contributed by atoms with Crippen molar-refractivity contribution in [2.24, 2.45) is 0 Å². The number of hydrogen-bond donors (Lipinski definition) is 0. The van der Waals surface area contributed by atoms with E-state index >= 15 is 0 Å². The molecule has 0 fully saturated rings. The van der Waals surface area contributed by atoms with Gasteiger partial charge in [0.15, 0.2) is 0 Å². The lowest BCUT2D eigenvalue weighted by atomic mass is 10.3. The predicted molar refractivity (Wildman–Crippen MR) is 36.7 cm³/mol. The lowest BCUT2D eigenvalue weighted by Crippen LogP contribution is -1.58. The summed E-state index contributed by atoms with van der Waals surface area (Å²) >= 11 is 0. The first kappa shape index (κ1) is 7.04. The topological polar surface area (TPSA) is 0 Å². The summed E-state index contributed by atoms with van der Waals surface area (Å²) in [5.74, 6) is 0. The van der Waals surface area contributed by atoms with Gasteiger partial charge in [-0.3, -0.25) is 0 Å². The van der Waals surface area contributed by atoms with Gasteiger partial charge in [-0.25, -0.2) is 0 Å². The monoisotopic (exact) mass is 106 g/mol. The van der Waals surface area contributed by atoms with E-state index in [-0.39, 0.29) is 0 Å². The molecule has 0 saturated carbocycles. The van der Waals surface area contributed by atoms with Crippen LogP contribution in [-0.4, -0.2) is 0 Å². The molecule has 0 unspecified atom stereocenters. The van der Waals surface area contributed by atoms with Crippen molar-refractivity contribution in [1.82, 2.24) is 0 Å². The molecule has 42 valence electrons. The lowest BCUT2D eigenvalue weighted by molar-refractivity contribution is 1.06. The molecule has 0 saturated heterocycles. The maximum atomic E-state index is 3.43. The zero-order valence-corrected chi connectivity index (χ0v) is 4.98. The Hall–Kier alpha value is -0.960. The molecule has 0 bridgehead atoms. The van der Waals surface area contributed by atoms with Crippen molar-refractivity contribution in [2.75, 3.05) is 0 Å². The van der Waals surface area contributed by atoms with E-state index in [9.17, 15) is 0 Å². The van der Waals surface area contributed by atoms with Gasteiger partial charge in [0.1, 0.15) is 0 Å². The van der Waals surface area contributed by atoms with Gasteiger partial charge in [0.25, 0.3) is 0 Å². The Kier molecular flexibility index (Phi) is 5.32. The molecule has 0 heterocycles. The molecule has 0 radical (unpaired) electrons. The Labute approximate surface area is 50.5 Å². The van der Waals surface area contributed by atoms with E-state index in [1.54, 1.807) is 0 Å². The Morgan fingerprint density at radius 2 is 1.38 bits per heavy atom. The quantitative estimate of drug-likeness (QED) is 0.383. The maximum absolute atomic E-state index is 3.43. The van der Waals surface area contributed by atoms with Crippen molar-refractivity contribution in [1.29, 1.82) is 0 Å². The van der Waals surface area contributed by atoms with Crippen LogP contribution in [0.3, 0.4) is 0 Å². The van der Waals surface area contributed by atoms with E-state index in [4.69, 9.17) is 0 Å². The summed E-state index contributed by atoms with van der Waals surface area (Å²) in [7, 11) is 0. The summed E-state index contributed by atoms with van der Waals surface area (Å²) in [6.45, 7) is 6.86. The molecule has 0 N–H and O–H groups in total. The van der Waals surface area contributed by atoms with E-state index in [0.717, 1.165) is 12.8 Å². The number of allylic oxidation sites excluding steroid dienone is 2. The molecule has 0 atom stereocenters. The zero-order valence-electron chi connectivity index (χ0n) is 4.98. The maximum Gasteiger partial charge on any atom is -0.0234 e. The standard InChI is InChI=1S/C8H10/c1-3-5-7-8-6-4-2/h5-6H,1-2,7-8H2. The van der Waals surface area contributed by atoms with Gasteiger partial charge in [-0.2, -0.15) is 0 Å². The summed E-state index contributed by atoms with van der Waals surface area (Å²) < 4.78 is 0. The molecule has 0 aliphatic rings. The van der Waals surface area contributed by atoms with Crippen LogP contribution in [0.2, 0.25) is 0 Å². The molecule has 0 spiro atoms. The predicted octanol–water partition coefficient (Wildman–Crippen LogP) is 2.45. The van der Waals surface area contributed by atoms with Crippen LogP contribution in [-0.2, 0) is 0 Å². The second-order valence-electron chi connectivity index (χ2n) is 1.39. The van der Waals surface area contributed by atoms with Crippen molar-refractivity contribution in [3.8, 4) is 0 Å². The normalized spacial score (nSPS) is 6.50. The van der Waals surface area contributed by atoms with E-state index in [2.05, 4.69) is 24.6 Å². The van der Waals surface area contributed by atoms with Crippen molar-refractivity contribution in [2.45, 2.75) is 12.8 Å². The smallest absolute Gasteiger partial charge is 0.0234 e. The fourth-order valence-corrected chi connectivity index (χ4v) is 0.371. The van der Waals surface area contributed by atoms with Crippen LogP contribution in [0.4, 0.5) is 0 Å². The molecule has 0 nitrogen and oxygen atoms in total. The van der Waals surface area contributed by atoms with Gasteiger partial charge in [0.2, 0.25) is 0 Å². The van der Waals surface area contributed by atoms with Crippen molar-refractivity contribution in [3.63, 3.8) is 0 Å². The minimum atomic E-state index is 0.992. The average molecular weight is 106 g/mol. The molecular weight excluding hydrogens is 96.1 g/mol. The molecule has 0 aliphatic carbocycles. The molecule has 0 aromatic carbocycles. The Balaban J connectivity index is 3.18. The van der Waals surface area contributed by atoms with Gasteiger partial charge in [-0.15, -0.1) is 11.5 Å². The number of rotatable bonds is 3. The highest BCUT2D eigenvalue weighted by molar-refractivity contribution is 4.82. The first-order valence-electron chi connectivity index (χ1n) is 2.60. The third kappa shape index (κ3) is 5.04. The van der Waals surface area contributed by atoms with Crippen LogP contribution in [0.5, 0.6) is 0 Å². The number of unbranched alkanes of at least 4 members (excludes halogenated alkanes) is 1. The van der Waals surface area contributed by atoms with Crippen LogP contribution >= 0.6 is 0 Å². The van der Waals surface area contributed by atoms with Crippen LogP contribution in [0, 0.1) is 0 Å². The minimum Gasteiger partial charge on any atom is -0.133 e. The third-order valence-corrected chi connectivity index (χ3v) is 0.744. The van der Waals surface area contributed by atoms with Gasteiger partial charge in [-0.05, 0) is 25.0 Å². The average Bonchev–Trinajstić information content (AvgIpc) is 1.81. The molecule has 0 aromatic rings. The van der Waals surface area contributed by atoms with Crippen molar-refractivity contribution in [3.05, 3.63) is 36.8 Å². The second kappa shape index (κ2) is 6.04. The molecule has 0 aliphatic heterocycles. The van der Waals surface area contributed by atoms with Crippen molar-refractivity contribution < 1.29 is 0 Å². The minimum absolute atomic E-state index is 0.992. The molecule has 0 rings (SSSR count). The van der Waals surface area contributed by atoms with Crippen LogP contribution in [0.1, 0.15) is 12.8 Å². The summed E-state index contributed by atoms with van der Waals surface area (Å²) in [5.41, 5.74) is 5.37. The Morgan fingerprint density at radius 3 is 1.62 bits per heavy atom. The highest BCUT2D eigenvalue weighted by Crippen LogP contribution is 1.88. The van der Waals surface area contributed by atoms with Gasteiger partial charge < -0.3 is 0 Å². The van der Waals surface area contributed by atoms with Gasteiger partial charge in [-0.1, -0.05) is 13.2 Å². The largest absolute Gasteiger partial charge is 0.133 e. The third-order valence-electron chi connectivity index (χ3n) is 0.744. The summed E-state index contributed by atoms with van der Waals surface area (Å²) in [6.07, 6.45) is 5.78. The van der Waals surface area contributed by atoms with Crippen molar-refractivity contribution >= 4 is 0 Å². The summed E-state index contributed by atoms with van der Waals surface area (Å²) in [5, 5.41) is 0. The molecular formula is C8H10. The van der Waals surface area contributed by atoms with E-state index < -0.39 is 0 Å². The van der Waals surface area contributed by atoms with Crippen LogP contribution < -0.4 is 0 Å². The highest BCUT2D eigenvalue weighted by Gasteiger charge is 1.69. The SMILES string of the molecule is C=C=CCCC=C=C. The van der Waals surface area contributed by atoms with Gasteiger partial charge >= 0.3 is 0 Å². The molecule has 0 heteroatoms. The second-order valence-corrected chi connectivity index (χ2v) is 1.39. The van der Waals surface area contributed by atoms with Gasteiger partial charge in [0.05, 0.1) is 0 Å². The van der Waals surface area contributed by atoms with Crippen LogP contribution in [0.15, 0.2) is 36.8 Å².